The normalized spacial score (nSPS) is 10.1. The number of fused-ring (bicyclic) bond motifs is 1. The summed E-state index contributed by atoms with van der Waals surface area (Å²) in [7, 11) is 1.54. The Morgan fingerprint density at radius 1 is 1.18 bits per heavy atom. The van der Waals surface area contributed by atoms with Crippen LogP contribution < -0.4 is 11.1 Å². The van der Waals surface area contributed by atoms with Gasteiger partial charge in [-0.2, -0.15) is 17.5 Å². The van der Waals surface area contributed by atoms with Crippen LogP contribution in [0.3, 0.4) is 0 Å². The first kappa shape index (κ1) is 14.2. The molecule has 1 radical (unpaired) electrons. The van der Waals surface area contributed by atoms with E-state index in [4.69, 9.17) is 0 Å². The molecule has 2 rings (SSSR count). The Morgan fingerprint density at radius 3 is 2.41 bits per heavy atom. The van der Waals surface area contributed by atoms with Gasteiger partial charge >= 0.3 is 0 Å². The van der Waals surface area contributed by atoms with E-state index in [1.54, 1.807) is 12.1 Å². The van der Waals surface area contributed by atoms with Crippen LogP contribution in [0.4, 0.5) is 0 Å². The van der Waals surface area contributed by atoms with Crippen molar-refractivity contribution in [3.8, 4) is 0 Å². The second-order valence-corrected chi connectivity index (χ2v) is 4.07. The molecule has 1 N–H and O–H groups in total. The quantitative estimate of drug-likeness (QED) is 0.805. The van der Waals surface area contributed by atoms with Crippen molar-refractivity contribution in [3.05, 3.63) is 50.4 Å². The Bertz CT molecular complexity index is 656. The summed E-state index contributed by atoms with van der Waals surface area (Å²) in [5.74, 6) is 1.11. The zero-order valence-electron chi connectivity index (χ0n) is 10.1. The molecule has 87 valence electrons. The molecule has 1 aromatic carbocycles. The van der Waals surface area contributed by atoms with Crippen LogP contribution >= 0.6 is 0 Å². The second-order valence-electron chi connectivity index (χ2n) is 4.07. The molecular weight excluding hydrogens is 293 g/mol. The number of aryl methyl sites for hydroxylation is 1. The van der Waals surface area contributed by atoms with E-state index in [0.717, 1.165) is 11.5 Å². The van der Waals surface area contributed by atoms with Gasteiger partial charge in [0.1, 0.15) is 0 Å². The van der Waals surface area contributed by atoms with Gasteiger partial charge in [-0.3, -0.25) is 19.4 Å². The van der Waals surface area contributed by atoms with E-state index in [-0.39, 0.29) is 43.8 Å². The fourth-order valence-corrected chi connectivity index (χ4v) is 1.67. The third kappa shape index (κ3) is 2.53. The molecule has 0 aliphatic carbocycles. The van der Waals surface area contributed by atoms with Gasteiger partial charge in [0.15, 0.2) is 0 Å². The van der Waals surface area contributed by atoms with E-state index in [1.165, 1.54) is 11.7 Å². The molecule has 0 atom stereocenters. The number of rotatable bonds is 1. The zero-order valence-corrected chi connectivity index (χ0v) is 12.9. The van der Waals surface area contributed by atoms with Crippen LogP contribution in [0.2, 0.25) is 0 Å². The van der Waals surface area contributed by atoms with E-state index in [2.05, 4.69) is 5.10 Å². The fraction of sp³-hybridized carbons (Fsp3) is 0.250. The van der Waals surface area contributed by atoms with Crippen molar-refractivity contribution < 1.29 is 32.7 Å². The number of hydrogen-bond acceptors (Lipinski definition) is 2. The average Bonchev–Trinajstić information content (AvgIpc) is 2.25. The molecule has 1 heterocycles. The molecule has 1 aromatic heterocycles. The van der Waals surface area contributed by atoms with E-state index in [9.17, 15) is 9.59 Å². The van der Waals surface area contributed by atoms with Crippen LogP contribution in [-0.2, 0) is 39.8 Å². The summed E-state index contributed by atoms with van der Waals surface area (Å²) < 4.78 is 1.20. The van der Waals surface area contributed by atoms with E-state index < -0.39 is 0 Å². The summed E-state index contributed by atoms with van der Waals surface area (Å²) >= 11 is 0. The summed E-state index contributed by atoms with van der Waals surface area (Å²) in [4.78, 5) is 23.4. The van der Waals surface area contributed by atoms with Crippen LogP contribution in [-0.4, -0.2) is 9.78 Å². The fourth-order valence-electron chi connectivity index (χ4n) is 1.67. The van der Waals surface area contributed by atoms with Gasteiger partial charge in [0.2, 0.25) is 0 Å². The smallest absolute Gasteiger partial charge is 0.269 e. The maximum absolute atomic E-state index is 11.7. The maximum Gasteiger partial charge on any atom is 0.270 e. The first-order chi connectivity index (χ1) is 7.50. The van der Waals surface area contributed by atoms with Crippen molar-refractivity contribution in [1.82, 2.24) is 9.78 Å². The average molecular weight is 306 g/mol. The van der Waals surface area contributed by atoms with Crippen molar-refractivity contribution >= 4 is 10.8 Å². The SMILES string of the molecule is C[C-](C)c1ccc2c(=O)n(C)[nH]c(=O)c2c1.[Y]. The Hall–Kier alpha value is -0.866. The maximum atomic E-state index is 11.7. The number of nitrogens with zero attached hydrogens (tertiary/aromatic N) is 1. The minimum atomic E-state index is -0.236. The van der Waals surface area contributed by atoms with E-state index in [1.807, 2.05) is 19.9 Å². The third-order valence-corrected chi connectivity index (χ3v) is 2.65. The molecule has 0 aliphatic heterocycles. The molecule has 0 saturated carbocycles. The molecule has 0 aliphatic rings. The molecule has 0 bridgehead atoms. The Kier molecular flexibility index (Phi) is 4.33. The molecule has 0 saturated heterocycles. The first-order valence-electron chi connectivity index (χ1n) is 5.04. The summed E-state index contributed by atoms with van der Waals surface area (Å²) in [6.45, 7) is 3.94. The molecule has 0 amide bonds. The number of hydrogen-bond donors (Lipinski definition) is 1. The van der Waals surface area contributed by atoms with E-state index in [0.29, 0.717) is 10.8 Å². The van der Waals surface area contributed by atoms with Gasteiger partial charge in [-0.15, -0.1) is 12.1 Å². The van der Waals surface area contributed by atoms with Crippen molar-refractivity contribution in [2.45, 2.75) is 13.8 Å². The van der Waals surface area contributed by atoms with Crippen LogP contribution in [0.15, 0.2) is 27.8 Å². The van der Waals surface area contributed by atoms with Crippen LogP contribution in [0.1, 0.15) is 19.4 Å². The van der Waals surface area contributed by atoms with Gasteiger partial charge < -0.3 is 0 Å². The van der Waals surface area contributed by atoms with Crippen molar-refractivity contribution in [2.75, 3.05) is 0 Å². The minimum Gasteiger partial charge on any atom is -0.269 e. The largest absolute Gasteiger partial charge is 0.270 e. The molecule has 5 heteroatoms. The molecule has 17 heavy (non-hydrogen) atoms. The number of aromatic nitrogens is 2. The van der Waals surface area contributed by atoms with Gasteiger partial charge in [-0.05, 0) is 5.39 Å². The van der Waals surface area contributed by atoms with Crippen molar-refractivity contribution in [2.24, 2.45) is 7.05 Å². The predicted molar refractivity (Wildman–Crippen MR) is 63.5 cm³/mol. The van der Waals surface area contributed by atoms with Gasteiger partial charge in [-0.1, -0.05) is 13.8 Å². The topological polar surface area (TPSA) is 54.9 Å². The molecule has 0 spiro atoms. The molecule has 4 nitrogen and oxygen atoms in total. The van der Waals surface area contributed by atoms with E-state index >= 15 is 0 Å². The van der Waals surface area contributed by atoms with Crippen LogP contribution in [0.25, 0.3) is 10.8 Å². The number of H-pyrrole nitrogens is 1. The summed E-state index contributed by atoms with van der Waals surface area (Å²) in [6.07, 6.45) is 0. The predicted octanol–water partition coefficient (Wildman–Crippen LogP) is 1.19. The molecule has 0 unspecified atom stereocenters. The standard InChI is InChI=1S/C12H13N2O2.Y/c1-7(2)8-4-5-9-10(6-8)11(15)13-14(3)12(9)16;/h4-6H,1-3H3,(H,13,15);/q-1;. The van der Waals surface area contributed by atoms with Crippen LogP contribution in [0.5, 0.6) is 0 Å². The second kappa shape index (κ2) is 5.19. The van der Waals surface area contributed by atoms with Gasteiger partial charge in [-0.25, -0.2) is 0 Å². The Balaban J connectivity index is 0.00000144. The third-order valence-electron chi connectivity index (χ3n) is 2.65. The number of benzene rings is 1. The summed E-state index contributed by atoms with van der Waals surface area (Å²) in [5, 5.41) is 3.39. The van der Waals surface area contributed by atoms with Gasteiger partial charge in [0, 0.05) is 45.1 Å². The first-order valence-corrected chi connectivity index (χ1v) is 5.04. The Labute approximate surface area is 124 Å². The number of aromatic amines is 1. The summed E-state index contributed by atoms with van der Waals surface area (Å²) in [6, 6.07) is 5.32. The Morgan fingerprint density at radius 2 is 1.82 bits per heavy atom. The molecule has 0 fully saturated rings. The monoisotopic (exact) mass is 306 g/mol. The van der Waals surface area contributed by atoms with Gasteiger partial charge in [0.05, 0.1) is 0 Å². The van der Waals surface area contributed by atoms with Crippen molar-refractivity contribution in [3.63, 3.8) is 0 Å². The summed E-state index contributed by atoms with van der Waals surface area (Å²) in [5.41, 5.74) is 0.557. The minimum absolute atomic E-state index is 0. The number of nitrogens with one attached hydrogen (secondary N) is 1. The molecule has 2 aromatic rings. The molecular formula is C12H13N2O2Y-. The van der Waals surface area contributed by atoms with Crippen LogP contribution in [0, 0.1) is 5.92 Å². The van der Waals surface area contributed by atoms with Crippen molar-refractivity contribution in [1.29, 1.82) is 0 Å². The zero-order chi connectivity index (χ0) is 11.9. The van der Waals surface area contributed by atoms with Gasteiger partial charge in [0.25, 0.3) is 11.1 Å².